The molecular weight excluding hydrogens is 483 g/mol. The number of para-hydroxylation sites is 2. The van der Waals surface area contributed by atoms with Crippen molar-refractivity contribution < 1.29 is 13.2 Å². The predicted octanol–water partition coefficient (Wildman–Crippen LogP) is 9.69. The average Bonchev–Trinajstić information content (AvgIpc) is 3.48. The summed E-state index contributed by atoms with van der Waals surface area (Å²) in [7, 11) is 0. The molecule has 0 aliphatic carbocycles. The number of pyridine rings is 1. The van der Waals surface area contributed by atoms with Crippen molar-refractivity contribution in [1.29, 1.82) is 0 Å². The molecule has 202 valence electrons. The molecule has 0 aliphatic rings. The zero-order valence-corrected chi connectivity index (χ0v) is 22.7. The molecule has 1 atom stereocenters. The van der Waals surface area contributed by atoms with Gasteiger partial charge < -0.3 is 9.97 Å². The Morgan fingerprint density at radius 3 is 2.11 bits per heavy atom. The number of rotatable bonds is 6. The summed E-state index contributed by atoms with van der Waals surface area (Å²) < 4.78 is 38.4. The molecule has 0 bridgehead atoms. The van der Waals surface area contributed by atoms with Gasteiger partial charge in [0.05, 0.1) is 5.92 Å². The van der Waals surface area contributed by atoms with Crippen LogP contribution in [0.4, 0.5) is 13.2 Å². The van der Waals surface area contributed by atoms with Crippen LogP contribution in [0, 0.1) is 6.92 Å². The number of hydrogen-bond acceptors (Lipinski definition) is 1. The van der Waals surface area contributed by atoms with Gasteiger partial charge in [-0.2, -0.15) is 13.2 Å². The second-order valence-electron chi connectivity index (χ2n) is 9.34. The van der Waals surface area contributed by atoms with Crippen molar-refractivity contribution in [1.82, 2.24) is 15.0 Å². The van der Waals surface area contributed by atoms with Crippen LogP contribution in [0.5, 0.6) is 0 Å². The SMILES string of the molecule is CCC(c1c[nH]c2ccccc12)C(F)(F)F.CCCCc1ccccn1.CCc1c(C)[nH]c2ccccc12. The Bertz CT molecular complexity index is 1380. The van der Waals surface area contributed by atoms with Gasteiger partial charge in [-0.3, -0.25) is 4.98 Å². The van der Waals surface area contributed by atoms with Gasteiger partial charge in [0.2, 0.25) is 0 Å². The van der Waals surface area contributed by atoms with Crippen LogP contribution in [-0.2, 0) is 12.8 Å². The Kier molecular flexibility index (Phi) is 10.6. The van der Waals surface area contributed by atoms with Gasteiger partial charge in [-0.15, -0.1) is 0 Å². The molecule has 3 aromatic heterocycles. The van der Waals surface area contributed by atoms with Crippen LogP contribution in [0.3, 0.4) is 0 Å². The predicted molar refractivity (Wildman–Crippen MR) is 153 cm³/mol. The third kappa shape index (κ3) is 7.50. The van der Waals surface area contributed by atoms with Crippen molar-refractivity contribution in [3.8, 4) is 0 Å². The molecule has 5 rings (SSSR count). The lowest BCUT2D eigenvalue weighted by Crippen LogP contribution is -2.19. The van der Waals surface area contributed by atoms with E-state index in [2.05, 4.69) is 66.1 Å². The lowest BCUT2D eigenvalue weighted by molar-refractivity contribution is -0.150. The van der Waals surface area contributed by atoms with Crippen LogP contribution in [0.15, 0.2) is 79.1 Å². The lowest BCUT2D eigenvalue weighted by Gasteiger charge is -2.17. The zero-order valence-electron chi connectivity index (χ0n) is 22.7. The van der Waals surface area contributed by atoms with E-state index in [4.69, 9.17) is 0 Å². The van der Waals surface area contributed by atoms with Crippen LogP contribution in [0.2, 0.25) is 0 Å². The van der Waals surface area contributed by atoms with Gasteiger partial charge in [0.1, 0.15) is 0 Å². The molecule has 0 spiro atoms. The number of fused-ring (bicyclic) bond motifs is 2. The number of unbranched alkanes of at least 4 members (excludes halogenated alkanes) is 1. The highest BCUT2D eigenvalue weighted by atomic mass is 19.4. The van der Waals surface area contributed by atoms with E-state index in [1.165, 1.54) is 46.9 Å². The lowest BCUT2D eigenvalue weighted by atomic mass is 9.95. The van der Waals surface area contributed by atoms with Crippen molar-refractivity contribution in [2.24, 2.45) is 0 Å². The third-order valence-corrected chi connectivity index (χ3v) is 6.69. The molecule has 2 aromatic carbocycles. The topological polar surface area (TPSA) is 44.5 Å². The Morgan fingerprint density at radius 1 is 0.842 bits per heavy atom. The maximum Gasteiger partial charge on any atom is 0.395 e. The van der Waals surface area contributed by atoms with Crippen LogP contribution in [0.1, 0.15) is 68.5 Å². The Morgan fingerprint density at radius 2 is 1.50 bits per heavy atom. The van der Waals surface area contributed by atoms with Crippen LogP contribution >= 0.6 is 0 Å². The van der Waals surface area contributed by atoms with E-state index >= 15 is 0 Å². The smallest absolute Gasteiger partial charge is 0.361 e. The van der Waals surface area contributed by atoms with Gasteiger partial charge in [0.15, 0.2) is 0 Å². The number of nitrogens with zero attached hydrogens (tertiary/aromatic N) is 1. The molecule has 5 aromatic rings. The van der Waals surface area contributed by atoms with Gasteiger partial charge in [-0.05, 0) is 68.0 Å². The first-order valence-electron chi connectivity index (χ1n) is 13.4. The van der Waals surface area contributed by atoms with Crippen molar-refractivity contribution >= 4 is 21.8 Å². The fraction of sp³-hybridized carbons (Fsp3) is 0.344. The number of H-pyrrole nitrogens is 2. The Labute approximate surface area is 223 Å². The minimum absolute atomic E-state index is 0.0609. The second kappa shape index (κ2) is 13.8. The number of nitrogens with one attached hydrogen (secondary N) is 2. The maximum atomic E-state index is 12.8. The summed E-state index contributed by atoms with van der Waals surface area (Å²) >= 11 is 0. The molecule has 0 aliphatic heterocycles. The van der Waals surface area contributed by atoms with Crippen LogP contribution in [0.25, 0.3) is 21.8 Å². The normalized spacial score (nSPS) is 12.0. The fourth-order valence-corrected chi connectivity index (χ4v) is 4.70. The molecule has 0 saturated heterocycles. The van der Waals surface area contributed by atoms with Gasteiger partial charge >= 0.3 is 6.18 Å². The highest BCUT2D eigenvalue weighted by Gasteiger charge is 2.40. The summed E-state index contributed by atoms with van der Waals surface area (Å²) in [6.45, 7) is 8.09. The summed E-state index contributed by atoms with van der Waals surface area (Å²) in [6.07, 6.45) is 3.92. The highest BCUT2D eigenvalue weighted by Crippen LogP contribution is 2.40. The number of aromatic amines is 2. The summed E-state index contributed by atoms with van der Waals surface area (Å²) in [6, 6.07) is 21.6. The van der Waals surface area contributed by atoms with Gasteiger partial charge in [0.25, 0.3) is 0 Å². The largest absolute Gasteiger partial charge is 0.395 e. The van der Waals surface area contributed by atoms with E-state index in [1.54, 1.807) is 31.2 Å². The van der Waals surface area contributed by atoms with E-state index in [9.17, 15) is 13.2 Å². The van der Waals surface area contributed by atoms with E-state index in [-0.39, 0.29) is 6.42 Å². The standard InChI is InChI=1S/C12H12F3N.C11H13N.C9H13N/c1-2-10(12(13,14)15)9-7-16-11-6-4-3-5-8(9)11;1-3-9-8(2)12-11-7-5-4-6-10(9)11;1-2-3-6-9-7-4-5-8-10-9/h3-7,10,16H,2H2,1H3;4-7,12H,3H2,1-2H3;4-5,7-8H,2-3,6H2,1H3. The van der Waals surface area contributed by atoms with Crippen LogP contribution in [-0.4, -0.2) is 21.1 Å². The first kappa shape index (κ1) is 29.0. The maximum absolute atomic E-state index is 12.8. The number of halogens is 3. The molecular formula is C32H38F3N3. The van der Waals surface area contributed by atoms with Crippen molar-refractivity contribution in [2.75, 3.05) is 0 Å². The first-order valence-corrected chi connectivity index (χ1v) is 13.4. The van der Waals surface area contributed by atoms with Gasteiger partial charge in [-0.1, -0.05) is 69.7 Å². The molecule has 1 unspecified atom stereocenters. The van der Waals surface area contributed by atoms with E-state index in [0.29, 0.717) is 10.9 Å². The summed E-state index contributed by atoms with van der Waals surface area (Å²) in [5.41, 5.74) is 6.31. The number of hydrogen-bond donors (Lipinski definition) is 2. The Balaban J connectivity index is 0.000000163. The van der Waals surface area contributed by atoms with Gasteiger partial charge in [0, 0.05) is 45.6 Å². The molecule has 0 amide bonds. The van der Waals surface area contributed by atoms with Crippen molar-refractivity contribution in [3.05, 3.63) is 102 Å². The number of benzene rings is 2. The minimum atomic E-state index is -4.18. The van der Waals surface area contributed by atoms with E-state index in [0.717, 1.165) is 18.4 Å². The van der Waals surface area contributed by atoms with E-state index in [1.807, 2.05) is 18.3 Å². The van der Waals surface area contributed by atoms with Crippen LogP contribution < -0.4 is 0 Å². The average molecular weight is 522 g/mol. The van der Waals surface area contributed by atoms with Gasteiger partial charge in [-0.25, -0.2) is 0 Å². The molecule has 38 heavy (non-hydrogen) atoms. The third-order valence-electron chi connectivity index (χ3n) is 6.69. The van der Waals surface area contributed by atoms with Crippen molar-refractivity contribution in [2.45, 2.75) is 71.9 Å². The summed E-state index contributed by atoms with van der Waals surface area (Å²) in [4.78, 5) is 10.5. The molecule has 2 N–H and O–H groups in total. The molecule has 0 saturated carbocycles. The highest BCUT2D eigenvalue weighted by molar-refractivity contribution is 5.84. The monoisotopic (exact) mass is 521 g/mol. The molecule has 3 nitrogen and oxygen atoms in total. The second-order valence-corrected chi connectivity index (χ2v) is 9.34. The minimum Gasteiger partial charge on any atom is -0.361 e. The molecule has 0 fully saturated rings. The number of aryl methyl sites for hydroxylation is 3. The Hall–Kier alpha value is -3.54. The summed E-state index contributed by atoms with van der Waals surface area (Å²) in [5, 5.41) is 2.03. The fourth-order valence-electron chi connectivity index (χ4n) is 4.70. The quantitative estimate of drug-likeness (QED) is 0.229. The molecule has 3 heterocycles. The zero-order chi connectivity index (χ0) is 27.5. The number of alkyl halides is 3. The van der Waals surface area contributed by atoms with Crippen molar-refractivity contribution in [3.63, 3.8) is 0 Å². The molecule has 6 heteroatoms. The summed E-state index contributed by atoms with van der Waals surface area (Å²) in [5.74, 6) is -1.39. The number of aromatic nitrogens is 3. The molecule has 0 radical (unpaired) electrons. The first-order chi connectivity index (χ1) is 18.3. The van der Waals surface area contributed by atoms with E-state index < -0.39 is 12.1 Å².